The summed E-state index contributed by atoms with van der Waals surface area (Å²) in [6, 6.07) is 0.695. The molecule has 2 heteroatoms. The van der Waals surface area contributed by atoms with Crippen LogP contribution in [-0.4, -0.2) is 29.9 Å². The number of hydrogen-bond donors (Lipinski definition) is 0. The molecule has 0 bridgehead atoms. The summed E-state index contributed by atoms with van der Waals surface area (Å²) in [6.45, 7) is 7.00. The Labute approximate surface area is 74.7 Å². The molecule has 0 unspecified atom stereocenters. The minimum Gasteiger partial charge on any atom is -0.301 e. The zero-order chi connectivity index (χ0) is 8.27. The summed E-state index contributed by atoms with van der Waals surface area (Å²) >= 11 is 5.82. The normalized spacial score (nSPS) is 27.8. The van der Waals surface area contributed by atoms with Crippen LogP contribution in [0.3, 0.4) is 0 Å². The van der Waals surface area contributed by atoms with Crippen LogP contribution >= 0.6 is 11.6 Å². The van der Waals surface area contributed by atoms with E-state index in [1.165, 1.54) is 25.9 Å². The number of piperidine rings is 1. The van der Waals surface area contributed by atoms with Gasteiger partial charge in [0.15, 0.2) is 0 Å². The summed E-state index contributed by atoms with van der Waals surface area (Å²) in [5.74, 6) is 1.58. The largest absolute Gasteiger partial charge is 0.301 e. The molecule has 0 aromatic heterocycles. The average molecular weight is 176 g/mol. The number of rotatable bonds is 2. The molecule has 0 N–H and O–H groups in total. The molecule has 0 aromatic rings. The number of likely N-dealkylation sites (tertiary alicyclic amines) is 1. The fourth-order valence-corrected chi connectivity index (χ4v) is 1.94. The first-order valence-electron chi connectivity index (χ1n) is 4.54. The second-order valence-electron chi connectivity index (χ2n) is 3.75. The van der Waals surface area contributed by atoms with Gasteiger partial charge in [0, 0.05) is 18.5 Å². The predicted octanol–water partition coefficient (Wildman–Crippen LogP) is 2.35. The molecule has 66 valence electrons. The lowest BCUT2D eigenvalue weighted by Crippen LogP contribution is -2.40. The zero-order valence-corrected chi connectivity index (χ0v) is 8.27. The van der Waals surface area contributed by atoms with Gasteiger partial charge in [0.1, 0.15) is 0 Å². The molecule has 0 radical (unpaired) electrons. The Bertz CT molecular complexity index is 114. The first-order valence-corrected chi connectivity index (χ1v) is 5.07. The monoisotopic (exact) mass is 175 g/mol. The summed E-state index contributed by atoms with van der Waals surface area (Å²) in [7, 11) is 0. The lowest BCUT2D eigenvalue weighted by Gasteiger charge is -2.34. The van der Waals surface area contributed by atoms with Crippen molar-refractivity contribution in [2.45, 2.75) is 32.7 Å². The number of alkyl halides is 1. The predicted molar refractivity (Wildman–Crippen MR) is 50.2 cm³/mol. The van der Waals surface area contributed by atoms with Crippen molar-refractivity contribution in [2.24, 2.45) is 5.92 Å². The van der Waals surface area contributed by atoms with E-state index in [4.69, 9.17) is 11.6 Å². The average Bonchev–Trinajstić information content (AvgIpc) is 2.05. The van der Waals surface area contributed by atoms with Gasteiger partial charge < -0.3 is 4.90 Å². The van der Waals surface area contributed by atoms with Gasteiger partial charge in [-0.3, -0.25) is 0 Å². The molecule has 0 aliphatic carbocycles. The lowest BCUT2D eigenvalue weighted by atomic mass is 9.99. The standard InChI is InChI=1S/C9H18ClN/c1-8(2)11-5-3-4-9(6-10)7-11/h8-9H,3-7H2,1-2H3/t9-/m1/s1. The second kappa shape index (κ2) is 4.32. The molecular weight excluding hydrogens is 158 g/mol. The molecule has 0 spiro atoms. The van der Waals surface area contributed by atoms with Crippen molar-refractivity contribution < 1.29 is 0 Å². The maximum Gasteiger partial charge on any atom is 0.0263 e. The van der Waals surface area contributed by atoms with Crippen molar-refractivity contribution in [3.05, 3.63) is 0 Å². The Morgan fingerprint density at radius 3 is 2.82 bits per heavy atom. The topological polar surface area (TPSA) is 3.24 Å². The van der Waals surface area contributed by atoms with Crippen molar-refractivity contribution in [1.82, 2.24) is 4.90 Å². The Hall–Kier alpha value is 0.250. The van der Waals surface area contributed by atoms with Gasteiger partial charge in [-0.2, -0.15) is 0 Å². The first kappa shape index (κ1) is 9.34. The smallest absolute Gasteiger partial charge is 0.0263 e. The summed E-state index contributed by atoms with van der Waals surface area (Å²) in [5.41, 5.74) is 0. The molecule has 0 saturated carbocycles. The maximum absolute atomic E-state index is 5.82. The molecule has 1 aliphatic heterocycles. The molecule has 1 heterocycles. The van der Waals surface area contributed by atoms with Gasteiger partial charge in [0.2, 0.25) is 0 Å². The van der Waals surface area contributed by atoms with Crippen LogP contribution in [0, 0.1) is 5.92 Å². The number of nitrogens with zero attached hydrogens (tertiary/aromatic N) is 1. The van der Waals surface area contributed by atoms with Crippen molar-refractivity contribution in [1.29, 1.82) is 0 Å². The van der Waals surface area contributed by atoms with Crippen LogP contribution in [0.5, 0.6) is 0 Å². The van der Waals surface area contributed by atoms with E-state index in [2.05, 4.69) is 18.7 Å². The second-order valence-corrected chi connectivity index (χ2v) is 4.06. The minimum absolute atomic E-state index is 0.695. The molecule has 0 amide bonds. The molecule has 1 atom stereocenters. The third-order valence-corrected chi connectivity index (χ3v) is 2.94. The van der Waals surface area contributed by atoms with E-state index in [1.54, 1.807) is 0 Å². The van der Waals surface area contributed by atoms with Gasteiger partial charge in [-0.25, -0.2) is 0 Å². The van der Waals surface area contributed by atoms with Gasteiger partial charge in [-0.05, 0) is 39.2 Å². The SMILES string of the molecule is CC(C)N1CCC[C@H](CCl)C1. The van der Waals surface area contributed by atoms with E-state index in [9.17, 15) is 0 Å². The minimum atomic E-state index is 0.695. The van der Waals surface area contributed by atoms with Gasteiger partial charge in [-0.15, -0.1) is 11.6 Å². The van der Waals surface area contributed by atoms with Crippen LogP contribution in [0.25, 0.3) is 0 Å². The molecule has 11 heavy (non-hydrogen) atoms. The zero-order valence-electron chi connectivity index (χ0n) is 7.52. The van der Waals surface area contributed by atoms with E-state index in [0.717, 1.165) is 11.8 Å². The van der Waals surface area contributed by atoms with E-state index < -0.39 is 0 Å². The molecule has 1 aliphatic rings. The Kier molecular flexibility index (Phi) is 3.67. The van der Waals surface area contributed by atoms with Crippen LogP contribution in [0.1, 0.15) is 26.7 Å². The van der Waals surface area contributed by atoms with Gasteiger partial charge in [0.05, 0.1) is 0 Å². The van der Waals surface area contributed by atoms with Crippen LogP contribution in [0.2, 0.25) is 0 Å². The third-order valence-electron chi connectivity index (χ3n) is 2.50. The molecular formula is C9H18ClN. The van der Waals surface area contributed by atoms with Gasteiger partial charge >= 0.3 is 0 Å². The van der Waals surface area contributed by atoms with E-state index >= 15 is 0 Å². The van der Waals surface area contributed by atoms with Crippen molar-refractivity contribution in [3.63, 3.8) is 0 Å². The van der Waals surface area contributed by atoms with Crippen molar-refractivity contribution in [2.75, 3.05) is 19.0 Å². The van der Waals surface area contributed by atoms with Crippen molar-refractivity contribution in [3.8, 4) is 0 Å². The van der Waals surface area contributed by atoms with Crippen LogP contribution in [0.15, 0.2) is 0 Å². The summed E-state index contributed by atoms with van der Waals surface area (Å²) in [6.07, 6.45) is 2.66. The Balaban J connectivity index is 2.33. The Morgan fingerprint density at radius 1 is 1.55 bits per heavy atom. The molecule has 1 fully saturated rings. The molecule has 1 nitrogen and oxygen atoms in total. The van der Waals surface area contributed by atoms with Gasteiger partial charge in [0.25, 0.3) is 0 Å². The van der Waals surface area contributed by atoms with E-state index in [0.29, 0.717) is 6.04 Å². The Morgan fingerprint density at radius 2 is 2.27 bits per heavy atom. The van der Waals surface area contributed by atoms with E-state index in [-0.39, 0.29) is 0 Å². The fraction of sp³-hybridized carbons (Fsp3) is 1.00. The number of halogens is 1. The highest BCUT2D eigenvalue weighted by Crippen LogP contribution is 2.18. The van der Waals surface area contributed by atoms with Crippen LogP contribution in [0.4, 0.5) is 0 Å². The molecule has 1 saturated heterocycles. The first-order chi connectivity index (χ1) is 5.24. The van der Waals surface area contributed by atoms with Crippen LogP contribution < -0.4 is 0 Å². The highest BCUT2D eigenvalue weighted by atomic mass is 35.5. The number of hydrogen-bond acceptors (Lipinski definition) is 1. The van der Waals surface area contributed by atoms with Crippen LogP contribution in [-0.2, 0) is 0 Å². The summed E-state index contributed by atoms with van der Waals surface area (Å²) in [5, 5.41) is 0. The summed E-state index contributed by atoms with van der Waals surface area (Å²) < 4.78 is 0. The highest BCUT2D eigenvalue weighted by Gasteiger charge is 2.20. The third kappa shape index (κ3) is 2.64. The summed E-state index contributed by atoms with van der Waals surface area (Å²) in [4.78, 5) is 2.52. The maximum atomic E-state index is 5.82. The van der Waals surface area contributed by atoms with E-state index in [1.807, 2.05) is 0 Å². The van der Waals surface area contributed by atoms with Gasteiger partial charge in [-0.1, -0.05) is 0 Å². The molecule has 1 rings (SSSR count). The lowest BCUT2D eigenvalue weighted by molar-refractivity contribution is 0.149. The van der Waals surface area contributed by atoms with Crippen molar-refractivity contribution >= 4 is 11.6 Å². The highest BCUT2D eigenvalue weighted by molar-refractivity contribution is 6.18. The quantitative estimate of drug-likeness (QED) is 0.583. The fourth-order valence-electron chi connectivity index (χ4n) is 1.69. The molecule has 0 aromatic carbocycles.